The number of aromatic nitrogens is 1. The molecule has 2 fully saturated rings. The van der Waals surface area contributed by atoms with E-state index in [1.807, 2.05) is 33.9 Å². The second-order valence-electron chi connectivity index (χ2n) is 6.07. The van der Waals surface area contributed by atoms with E-state index in [0.29, 0.717) is 25.6 Å². The van der Waals surface area contributed by atoms with Gasteiger partial charge in [-0.2, -0.15) is 11.3 Å². The molecule has 2 aromatic rings. The maximum absolute atomic E-state index is 12.4. The Morgan fingerprint density at radius 1 is 1.48 bits per heavy atom. The molecule has 2 aliphatic rings. The summed E-state index contributed by atoms with van der Waals surface area (Å²) in [7, 11) is 0. The normalized spacial score (nSPS) is 22.1. The van der Waals surface area contributed by atoms with Crippen LogP contribution >= 0.6 is 11.3 Å². The number of hydrogen-bond acceptors (Lipinski definition) is 5. The standard InChI is InChI=1S/C17H18N2O3S/c20-16(13-4-7-23-10-13)19-11-17(12-19)14(3-6-22-17)9-21-15-2-1-5-18-8-15/h1-2,4-5,7-8,10,14H,3,6,9,11-12H2. The van der Waals surface area contributed by atoms with Gasteiger partial charge in [0.15, 0.2) is 0 Å². The van der Waals surface area contributed by atoms with Crippen LogP contribution in [0.2, 0.25) is 0 Å². The molecule has 1 atom stereocenters. The van der Waals surface area contributed by atoms with Crippen molar-refractivity contribution in [1.29, 1.82) is 0 Å². The van der Waals surface area contributed by atoms with Crippen LogP contribution < -0.4 is 4.74 Å². The minimum Gasteiger partial charge on any atom is -0.492 e. The summed E-state index contributed by atoms with van der Waals surface area (Å²) in [4.78, 5) is 18.3. The molecule has 2 aromatic heterocycles. The minimum absolute atomic E-state index is 0.0966. The van der Waals surface area contributed by atoms with Gasteiger partial charge >= 0.3 is 0 Å². The van der Waals surface area contributed by atoms with Gasteiger partial charge in [0.05, 0.1) is 31.5 Å². The van der Waals surface area contributed by atoms with Gasteiger partial charge in [-0.1, -0.05) is 0 Å². The molecule has 120 valence electrons. The monoisotopic (exact) mass is 330 g/mol. The molecule has 6 heteroatoms. The fourth-order valence-corrected chi connectivity index (χ4v) is 3.94. The van der Waals surface area contributed by atoms with E-state index in [0.717, 1.165) is 24.3 Å². The van der Waals surface area contributed by atoms with Gasteiger partial charge in [0, 0.05) is 24.1 Å². The van der Waals surface area contributed by atoms with Crippen molar-refractivity contribution in [2.45, 2.75) is 12.0 Å². The largest absolute Gasteiger partial charge is 0.492 e. The van der Waals surface area contributed by atoms with Crippen molar-refractivity contribution >= 4 is 17.2 Å². The molecule has 2 saturated heterocycles. The zero-order chi connectivity index (χ0) is 15.7. The number of ether oxygens (including phenoxy) is 2. The zero-order valence-corrected chi connectivity index (χ0v) is 13.5. The van der Waals surface area contributed by atoms with Crippen LogP contribution in [0.1, 0.15) is 16.8 Å². The van der Waals surface area contributed by atoms with Gasteiger partial charge < -0.3 is 14.4 Å². The van der Waals surface area contributed by atoms with E-state index in [1.165, 1.54) is 0 Å². The first kappa shape index (κ1) is 14.7. The van der Waals surface area contributed by atoms with Crippen LogP contribution in [0.15, 0.2) is 41.4 Å². The van der Waals surface area contributed by atoms with Gasteiger partial charge in [-0.15, -0.1) is 0 Å². The molecule has 1 spiro atoms. The molecule has 4 rings (SSSR count). The molecule has 0 bridgehead atoms. The van der Waals surface area contributed by atoms with Gasteiger partial charge in [-0.3, -0.25) is 9.78 Å². The average Bonchev–Trinajstić information content (AvgIpc) is 3.21. The number of amides is 1. The third-order valence-corrected chi connectivity index (χ3v) is 5.34. The summed E-state index contributed by atoms with van der Waals surface area (Å²) in [6.45, 7) is 2.65. The van der Waals surface area contributed by atoms with Crippen LogP contribution in [0.25, 0.3) is 0 Å². The first-order valence-electron chi connectivity index (χ1n) is 7.75. The van der Waals surface area contributed by atoms with Crippen molar-refractivity contribution in [3.63, 3.8) is 0 Å². The summed E-state index contributed by atoms with van der Waals surface area (Å²) < 4.78 is 11.8. The molecule has 0 aliphatic carbocycles. The Labute approximate surface area is 138 Å². The zero-order valence-electron chi connectivity index (χ0n) is 12.7. The van der Waals surface area contributed by atoms with Crippen LogP contribution in [0.5, 0.6) is 5.75 Å². The van der Waals surface area contributed by atoms with E-state index in [9.17, 15) is 4.79 Å². The second-order valence-corrected chi connectivity index (χ2v) is 6.85. The van der Waals surface area contributed by atoms with E-state index in [1.54, 1.807) is 23.7 Å². The molecule has 0 saturated carbocycles. The number of carbonyl (C=O) groups is 1. The summed E-state index contributed by atoms with van der Waals surface area (Å²) >= 11 is 1.55. The first-order chi connectivity index (χ1) is 11.3. The summed E-state index contributed by atoms with van der Waals surface area (Å²) in [5, 5.41) is 3.82. The predicted octanol–water partition coefficient (Wildman–Crippen LogP) is 2.45. The van der Waals surface area contributed by atoms with E-state index in [2.05, 4.69) is 4.98 Å². The molecule has 0 N–H and O–H groups in total. The number of likely N-dealkylation sites (tertiary alicyclic amines) is 1. The third-order valence-electron chi connectivity index (χ3n) is 4.66. The fraction of sp³-hybridized carbons (Fsp3) is 0.412. The minimum atomic E-state index is -0.228. The summed E-state index contributed by atoms with van der Waals surface area (Å²) in [6, 6.07) is 5.64. The van der Waals surface area contributed by atoms with Crippen molar-refractivity contribution < 1.29 is 14.3 Å². The molecule has 0 aromatic carbocycles. The Morgan fingerprint density at radius 2 is 2.39 bits per heavy atom. The summed E-state index contributed by atoms with van der Waals surface area (Å²) in [5.41, 5.74) is 0.541. The number of pyridine rings is 1. The van der Waals surface area contributed by atoms with Crippen LogP contribution in [0.4, 0.5) is 0 Å². The maximum Gasteiger partial charge on any atom is 0.254 e. The van der Waals surface area contributed by atoms with Crippen molar-refractivity contribution in [3.8, 4) is 5.75 Å². The van der Waals surface area contributed by atoms with Crippen molar-refractivity contribution in [2.75, 3.05) is 26.3 Å². The van der Waals surface area contributed by atoms with Crippen molar-refractivity contribution in [3.05, 3.63) is 46.9 Å². The molecule has 23 heavy (non-hydrogen) atoms. The smallest absolute Gasteiger partial charge is 0.254 e. The maximum atomic E-state index is 12.4. The van der Waals surface area contributed by atoms with E-state index < -0.39 is 0 Å². The highest BCUT2D eigenvalue weighted by molar-refractivity contribution is 7.08. The number of hydrogen-bond donors (Lipinski definition) is 0. The second kappa shape index (κ2) is 5.94. The van der Waals surface area contributed by atoms with E-state index >= 15 is 0 Å². The molecule has 1 unspecified atom stereocenters. The lowest BCUT2D eigenvalue weighted by Gasteiger charge is -2.50. The highest BCUT2D eigenvalue weighted by atomic mass is 32.1. The van der Waals surface area contributed by atoms with Crippen molar-refractivity contribution in [1.82, 2.24) is 9.88 Å². The SMILES string of the molecule is O=C(c1ccsc1)N1CC2(C1)OCCC2COc1cccnc1. The highest BCUT2D eigenvalue weighted by Crippen LogP contribution is 2.40. The highest BCUT2D eigenvalue weighted by Gasteiger charge is 2.54. The molecule has 4 heterocycles. The predicted molar refractivity (Wildman–Crippen MR) is 86.7 cm³/mol. The first-order valence-corrected chi connectivity index (χ1v) is 8.69. The summed E-state index contributed by atoms with van der Waals surface area (Å²) in [6.07, 6.45) is 4.42. The van der Waals surface area contributed by atoms with E-state index in [-0.39, 0.29) is 11.5 Å². The number of thiophene rings is 1. The molecule has 1 amide bonds. The Bertz CT molecular complexity index is 668. The Hall–Kier alpha value is -1.92. The lowest BCUT2D eigenvalue weighted by Crippen LogP contribution is -2.66. The Kier molecular flexibility index (Phi) is 3.79. The fourth-order valence-electron chi connectivity index (χ4n) is 3.31. The molecule has 0 radical (unpaired) electrons. The molecule has 5 nitrogen and oxygen atoms in total. The van der Waals surface area contributed by atoms with Crippen LogP contribution in [0.3, 0.4) is 0 Å². The summed E-state index contributed by atoms with van der Waals surface area (Å²) in [5.74, 6) is 1.19. The van der Waals surface area contributed by atoms with Crippen LogP contribution in [-0.2, 0) is 4.74 Å². The van der Waals surface area contributed by atoms with Crippen molar-refractivity contribution in [2.24, 2.45) is 5.92 Å². The molecular weight excluding hydrogens is 312 g/mol. The van der Waals surface area contributed by atoms with Gasteiger partial charge in [0.1, 0.15) is 11.4 Å². The molecular formula is C17H18N2O3S. The van der Waals surface area contributed by atoms with Crippen LogP contribution in [-0.4, -0.2) is 47.7 Å². The lowest BCUT2D eigenvalue weighted by molar-refractivity contribution is -0.122. The topological polar surface area (TPSA) is 51.7 Å². The third kappa shape index (κ3) is 2.72. The quantitative estimate of drug-likeness (QED) is 0.864. The lowest BCUT2D eigenvalue weighted by atomic mass is 9.81. The number of nitrogens with zero attached hydrogens (tertiary/aromatic N) is 2. The Balaban J connectivity index is 1.36. The van der Waals surface area contributed by atoms with Gasteiger partial charge in [0.25, 0.3) is 5.91 Å². The Morgan fingerprint density at radius 3 is 3.13 bits per heavy atom. The van der Waals surface area contributed by atoms with E-state index in [4.69, 9.17) is 9.47 Å². The number of carbonyl (C=O) groups excluding carboxylic acids is 1. The van der Waals surface area contributed by atoms with Crippen LogP contribution in [0, 0.1) is 5.92 Å². The molecule has 2 aliphatic heterocycles. The average molecular weight is 330 g/mol. The van der Waals surface area contributed by atoms with Gasteiger partial charge in [-0.05, 0) is 30.0 Å². The van der Waals surface area contributed by atoms with Gasteiger partial charge in [0.2, 0.25) is 0 Å². The van der Waals surface area contributed by atoms with Gasteiger partial charge in [-0.25, -0.2) is 0 Å². The number of rotatable bonds is 4.